The molecule has 2 aliphatic rings. The van der Waals surface area contributed by atoms with Crippen LogP contribution in [0.4, 0.5) is 5.13 Å². The molecule has 0 radical (unpaired) electrons. The zero-order valence-corrected chi connectivity index (χ0v) is 13.8. The SMILES string of the molecule is CC1(C)CC(C)(C(=O)Nc2nc3c(s2)C[C@@H](N)CC3)CN1. The molecule has 6 heteroatoms. The molecule has 3 rings (SSSR count). The molecule has 21 heavy (non-hydrogen) atoms. The Morgan fingerprint density at radius 2 is 2.24 bits per heavy atom. The fraction of sp³-hybridized carbons (Fsp3) is 0.733. The van der Waals surface area contributed by atoms with E-state index < -0.39 is 0 Å². The number of hydrogen-bond donors (Lipinski definition) is 3. The van der Waals surface area contributed by atoms with Crippen LogP contribution < -0.4 is 16.4 Å². The third-order valence-electron chi connectivity index (χ3n) is 4.54. The van der Waals surface area contributed by atoms with Crippen LogP contribution >= 0.6 is 11.3 Å². The molecule has 1 aliphatic heterocycles. The topological polar surface area (TPSA) is 80.0 Å². The number of aromatic nitrogens is 1. The van der Waals surface area contributed by atoms with E-state index in [1.165, 1.54) is 4.88 Å². The van der Waals surface area contributed by atoms with Crippen LogP contribution in [0, 0.1) is 5.41 Å². The molecule has 1 aromatic rings. The molecule has 0 bridgehead atoms. The normalized spacial score (nSPS) is 31.0. The Balaban J connectivity index is 1.71. The molecule has 116 valence electrons. The van der Waals surface area contributed by atoms with Gasteiger partial charge in [0.2, 0.25) is 5.91 Å². The third-order valence-corrected chi connectivity index (χ3v) is 5.57. The zero-order chi connectivity index (χ0) is 15.3. The average Bonchev–Trinajstić information content (AvgIpc) is 2.89. The molecule has 1 fully saturated rings. The van der Waals surface area contributed by atoms with Gasteiger partial charge in [0.25, 0.3) is 0 Å². The lowest BCUT2D eigenvalue weighted by atomic mass is 9.83. The number of hydrogen-bond acceptors (Lipinski definition) is 5. The minimum atomic E-state index is -0.369. The summed E-state index contributed by atoms with van der Waals surface area (Å²) in [5.41, 5.74) is 6.76. The first-order chi connectivity index (χ1) is 9.77. The second-order valence-electron chi connectivity index (χ2n) is 7.32. The van der Waals surface area contributed by atoms with Crippen LogP contribution in [0.15, 0.2) is 0 Å². The van der Waals surface area contributed by atoms with Gasteiger partial charge in [-0.1, -0.05) is 0 Å². The maximum absolute atomic E-state index is 12.6. The Labute approximate surface area is 129 Å². The number of amides is 1. The highest BCUT2D eigenvalue weighted by molar-refractivity contribution is 7.15. The standard InChI is InChI=1S/C15H24N4OS/c1-14(2)7-15(3,8-17-14)12(20)19-13-18-10-5-4-9(16)6-11(10)21-13/h9,17H,4-8,16H2,1-3H3,(H,18,19,20)/t9-,15?/m0/s1. The highest BCUT2D eigenvalue weighted by atomic mass is 32.1. The van der Waals surface area contributed by atoms with Gasteiger partial charge in [-0.05, 0) is 46.5 Å². The van der Waals surface area contributed by atoms with Crippen molar-refractivity contribution in [1.82, 2.24) is 10.3 Å². The van der Waals surface area contributed by atoms with Crippen molar-refractivity contribution in [2.75, 3.05) is 11.9 Å². The smallest absolute Gasteiger partial charge is 0.233 e. The van der Waals surface area contributed by atoms with Crippen molar-refractivity contribution in [3.63, 3.8) is 0 Å². The number of fused-ring (bicyclic) bond motifs is 1. The van der Waals surface area contributed by atoms with Crippen molar-refractivity contribution < 1.29 is 4.79 Å². The fourth-order valence-electron chi connectivity index (χ4n) is 3.40. The molecule has 0 aromatic carbocycles. The van der Waals surface area contributed by atoms with E-state index in [1.807, 2.05) is 6.92 Å². The molecule has 1 aliphatic carbocycles. The van der Waals surface area contributed by atoms with Crippen LogP contribution in [-0.2, 0) is 17.6 Å². The van der Waals surface area contributed by atoms with Crippen LogP contribution in [0.2, 0.25) is 0 Å². The molecule has 4 N–H and O–H groups in total. The summed E-state index contributed by atoms with van der Waals surface area (Å²) in [6.45, 7) is 7.00. The Kier molecular flexibility index (Phi) is 3.58. The fourth-order valence-corrected chi connectivity index (χ4v) is 4.49. The lowest BCUT2D eigenvalue weighted by molar-refractivity contribution is -0.124. The predicted molar refractivity (Wildman–Crippen MR) is 85.5 cm³/mol. The molecule has 0 spiro atoms. The number of rotatable bonds is 2. The van der Waals surface area contributed by atoms with Crippen molar-refractivity contribution >= 4 is 22.4 Å². The number of carbonyl (C=O) groups excluding carboxylic acids is 1. The van der Waals surface area contributed by atoms with E-state index in [0.29, 0.717) is 6.54 Å². The van der Waals surface area contributed by atoms with Gasteiger partial charge >= 0.3 is 0 Å². The van der Waals surface area contributed by atoms with Crippen LogP contribution in [0.1, 0.15) is 44.2 Å². The summed E-state index contributed by atoms with van der Waals surface area (Å²) < 4.78 is 0. The van der Waals surface area contributed by atoms with Crippen LogP contribution in [-0.4, -0.2) is 29.0 Å². The molecule has 1 unspecified atom stereocenters. The zero-order valence-electron chi connectivity index (χ0n) is 13.0. The largest absolute Gasteiger partial charge is 0.327 e. The van der Waals surface area contributed by atoms with E-state index in [1.54, 1.807) is 11.3 Å². The minimum Gasteiger partial charge on any atom is -0.327 e. The summed E-state index contributed by atoms with van der Waals surface area (Å²) in [5, 5.41) is 7.16. The van der Waals surface area contributed by atoms with E-state index in [4.69, 9.17) is 5.73 Å². The van der Waals surface area contributed by atoms with Gasteiger partial charge in [0.05, 0.1) is 11.1 Å². The summed E-state index contributed by atoms with van der Waals surface area (Å²) in [5.74, 6) is 0.0657. The molecule has 1 amide bonds. The first-order valence-electron chi connectivity index (χ1n) is 7.58. The number of anilines is 1. The number of nitrogens with two attached hydrogens (primary N) is 1. The van der Waals surface area contributed by atoms with Crippen LogP contribution in [0.25, 0.3) is 0 Å². The second kappa shape index (κ2) is 5.04. The summed E-state index contributed by atoms with van der Waals surface area (Å²) >= 11 is 1.58. The van der Waals surface area contributed by atoms with E-state index in [2.05, 4.69) is 29.5 Å². The maximum Gasteiger partial charge on any atom is 0.233 e. The van der Waals surface area contributed by atoms with Crippen molar-refractivity contribution in [3.05, 3.63) is 10.6 Å². The predicted octanol–water partition coefficient (Wildman–Crippen LogP) is 1.68. The number of nitrogens with zero attached hydrogens (tertiary/aromatic N) is 1. The number of thiazole rings is 1. The maximum atomic E-state index is 12.6. The van der Waals surface area contributed by atoms with E-state index in [0.717, 1.165) is 36.5 Å². The molecular weight excluding hydrogens is 284 g/mol. The van der Waals surface area contributed by atoms with Gasteiger partial charge in [0.15, 0.2) is 5.13 Å². The molecule has 5 nitrogen and oxygen atoms in total. The van der Waals surface area contributed by atoms with E-state index in [9.17, 15) is 4.79 Å². The van der Waals surface area contributed by atoms with Gasteiger partial charge in [-0.2, -0.15) is 0 Å². The molecule has 1 aromatic heterocycles. The van der Waals surface area contributed by atoms with Gasteiger partial charge < -0.3 is 16.4 Å². The third kappa shape index (κ3) is 2.98. The number of aryl methyl sites for hydroxylation is 1. The van der Waals surface area contributed by atoms with Crippen molar-refractivity contribution in [2.24, 2.45) is 11.1 Å². The molecule has 2 heterocycles. The number of nitrogens with one attached hydrogen (secondary N) is 2. The van der Waals surface area contributed by atoms with Crippen molar-refractivity contribution in [3.8, 4) is 0 Å². The second-order valence-corrected chi connectivity index (χ2v) is 8.40. The Morgan fingerprint density at radius 1 is 1.48 bits per heavy atom. The lowest BCUT2D eigenvalue weighted by Gasteiger charge is -2.23. The molecular formula is C15H24N4OS. The number of carbonyl (C=O) groups is 1. The Morgan fingerprint density at radius 3 is 2.90 bits per heavy atom. The minimum absolute atomic E-state index is 0.0149. The van der Waals surface area contributed by atoms with Crippen molar-refractivity contribution in [2.45, 2.75) is 58.0 Å². The van der Waals surface area contributed by atoms with Crippen LogP contribution in [0.5, 0.6) is 0 Å². The highest BCUT2D eigenvalue weighted by Crippen LogP contribution is 2.36. The van der Waals surface area contributed by atoms with Crippen molar-refractivity contribution in [1.29, 1.82) is 0 Å². The van der Waals surface area contributed by atoms with E-state index in [-0.39, 0.29) is 22.9 Å². The Hall–Kier alpha value is -0.980. The van der Waals surface area contributed by atoms with Gasteiger partial charge in [0.1, 0.15) is 0 Å². The highest BCUT2D eigenvalue weighted by Gasteiger charge is 2.45. The quantitative estimate of drug-likeness (QED) is 0.776. The first-order valence-corrected chi connectivity index (χ1v) is 8.40. The Bertz CT molecular complexity index is 568. The molecule has 0 saturated carbocycles. The molecule has 2 atom stereocenters. The van der Waals surface area contributed by atoms with E-state index >= 15 is 0 Å². The molecule has 1 saturated heterocycles. The van der Waals surface area contributed by atoms with Gasteiger partial charge in [0, 0.05) is 23.0 Å². The summed E-state index contributed by atoms with van der Waals surface area (Å²) in [6, 6.07) is 0.235. The van der Waals surface area contributed by atoms with Gasteiger partial charge in [-0.15, -0.1) is 11.3 Å². The summed E-state index contributed by atoms with van der Waals surface area (Å²) in [6.07, 6.45) is 3.63. The van der Waals surface area contributed by atoms with Gasteiger partial charge in [-0.3, -0.25) is 4.79 Å². The van der Waals surface area contributed by atoms with Gasteiger partial charge in [-0.25, -0.2) is 4.98 Å². The summed E-state index contributed by atoms with van der Waals surface area (Å²) in [7, 11) is 0. The van der Waals surface area contributed by atoms with Crippen LogP contribution in [0.3, 0.4) is 0 Å². The average molecular weight is 308 g/mol. The first kappa shape index (κ1) is 14.9. The monoisotopic (exact) mass is 308 g/mol. The summed E-state index contributed by atoms with van der Waals surface area (Å²) in [4.78, 5) is 18.4. The lowest BCUT2D eigenvalue weighted by Crippen LogP contribution is -2.35.